The van der Waals surface area contributed by atoms with Crippen LogP contribution in [0.15, 0.2) is 24.3 Å². The quantitative estimate of drug-likeness (QED) is 0.918. The molecule has 1 fully saturated rings. The molecule has 1 N–H and O–H groups in total. The van der Waals surface area contributed by atoms with Crippen molar-refractivity contribution in [1.29, 1.82) is 0 Å². The fraction of sp³-hybridized carbons (Fsp3) is 0.467. The Labute approximate surface area is 122 Å². The molecule has 2 aromatic rings. The molecule has 3 rings (SSSR count). The van der Waals surface area contributed by atoms with E-state index in [2.05, 4.69) is 23.5 Å². The van der Waals surface area contributed by atoms with Crippen LogP contribution in [0.5, 0.6) is 0 Å². The van der Waals surface area contributed by atoms with Crippen LogP contribution in [-0.2, 0) is 11.3 Å². The molecule has 1 aliphatic rings. The van der Waals surface area contributed by atoms with Crippen molar-refractivity contribution in [1.82, 2.24) is 5.32 Å². The van der Waals surface area contributed by atoms with E-state index in [4.69, 9.17) is 16.3 Å². The molecular formula is C15H18ClNOS. The summed E-state index contributed by atoms with van der Waals surface area (Å²) < 4.78 is 6.65. The molecule has 102 valence electrons. The number of rotatable bonds is 4. The summed E-state index contributed by atoms with van der Waals surface area (Å²) >= 11 is 8.22. The van der Waals surface area contributed by atoms with Gasteiger partial charge in [-0.2, -0.15) is 0 Å². The summed E-state index contributed by atoms with van der Waals surface area (Å²) in [5.74, 6) is 0.752. The van der Waals surface area contributed by atoms with Crippen molar-refractivity contribution in [2.45, 2.75) is 19.4 Å². The molecule has 19 heavy (non-hydrogen) atoms. The summed E-state index contributed by atoms with van der Waals surface area (Å²) in [6.45, 7) is 3.76. The van der Waals surface area contributed by atoms with Crippen LogP contribution in [0.4, 0.5) is 0 Å². The third-order valence-electron chi connectivity index (χ3n) is 3.66. The van der Waals surface area contributed by atoms with Crippen molar-refractivity contribution < 1.29 is 4.74 Å². The maximum Gasteiger partial charge on any atom is 0.0636 e. The van der Waals surface area contributed by atoms with Crippen LogP contribution in [0.2, 0.25) is 5.02 Å². The molecule has 0 saturated carbocycles. The monoisotopic (exact) mass is 295 g/mol. The Bertz CT molecular complexity index is 548. The number of fused-ring (bicyclic) bond motifs is 1. The van der Waals surface area contributed by atoms with Crippen LogP contribution in [0, 0.1) is 5.92 Å². The van der Waals surface area contributed by atoms with Crippen molar-refractivity contribution in [3.63, 3.8) is 0 Å². The number of hydrogen-bond donors (Lipinski definition) is 1. The normalized spacial score (nSPS) is 17.1. The fourth-order valence-electron chi connectivity index (χ4n) is 2.52. The maximum atomic E-state index is 6.43. The molecule has 2 heterocycles. The molecule has 1 aliphatic heterocycles. The zero-order valence-corrected chi connectivity index (χ0v) is 12.4. The van der Waals surface area contributed by atoms with Crippen LogP contribution in [0.25, 0.3) is 10.1 Å². The molecular weight excluding hydrogens is 278 g/mol. The number of halogens is 1. The lowest BCUT2D eigenvalue weighted by Crippen LogP contribution is -2.27. The lowest BCUT2D eigenvalue weighted by Gasteiger charge is -2.22. The Balaban J connectivity index is 1.60. The molecule has 4 heteroatoms. The van der Waals surface area contributed by atoms with Crippen LogP contribution in [-0.4, -0.2) is 19.8 Å². The smallest absolute Gasteiger partial charge is 0.0636 e. The zero-order valence-electron chi connectivity index (χ0n) is 10.8. The van der Waals surface area contributed by atoms with Crippen molar-refractivity contribution >= 4 is 33.0 Å². The highest BCUT2D eigenvalue weighted by Gasteiger charge is 2.14. The van der Waals surface area contributed by atoms with Gasteiger partial charge in [-0.05, 0) is 31.4 Å². The van der Waals surface area contributed by atoms with Crippen LogP contribution >= 0.6 is 22.9 Å². The lowest BCUT2D eigenvalue weighted by atomic mass is 10.0. The number of hydrogen-bond acceptors (Lipinski definition) is 3. The van der Waals surface area contributed by atoms with E-state index in [0.29, 0.717) is 0 Å². The van der Waals surface area contributed by atoms with Crippen LogP contribution < -0.4 is 5.32 Å². The molecule has 1 aromatic heterocycles. The molecule has 0 radical (unpaired) electrons. The van der Waals surface area contributed by atoms with E-state index in [1.807, 2.05) is 6.07 Å². The standard InChI is InChI=1S/C15H18ClNOS/c16-15-12-3-1-2-4-13(12)19-14(15)10-17-9-11-5-7-18-8-6-11/h1-4,11,17H,5-10H2. The predicted molar refractivity (Wildman–Crippen MR) is 82.1 cm³/mol. The summed E-state index contributed by atoms with van der Waals surface area (Å²) in [4.78, 5) is 1.25. The zero-order chi connectivity index (χ0) is 13.1. The van der Waals surface area contributed by atoms with E-state index < -0.39 is 0 Å². The molecule has 2 nitrogen and oxygen atoms in total. The third-order valence-corrected chi connectivity index (χ3v) is 5.38. The van der Waals surface area contributed by atoms with Crippen molar-refractivity contribution in [3.8, 4) is 0 Å². The predicted octanol–water partition coefficient (Wildman–Crippen LogP) is 4.07. The average molecular weight is 296 g/mol. The van der Waals surface area contributed by atoms with Gasteiger partial charge in [-0.25, -0.2) is 0 Å². The highest BCUT2D eigenvalue weighted by molar-refractivity contribution is 7.19. The Hall–Kier alpha value is -0.610. The summed E-state index contributed by atoms with van der Waals surface area (Å²) in [6.07, 6.45) is 2.35. The molecule has 0 spiro atoms. The molecule has 1 saturated heterocycles. The van der Waals surface area contributed by atoms with Crippen molar-refractivity contribution in [2.75, 3.05) is 19.8 Å². The maximum absolute atomic E-state index is 6.43. The van der Waals surface area contributed by atoms with Gasteiger partial charge in [0.05, 0.1) is 5.02 Å². The first-order valence-electron chi connectivity index (χ1n) is 6.79. The Morgan fingerprint density at radius 2 is 2.05 bits per heavy atom. The topological polar surface area (TPSA) is 21.3 Å². The van der Waals surface area contributed by atoms with Gasteiger partial charge in [0, 0.05) is 34.7 Å². The summed E-state index contributed by atoms with van der Waals surface area (Å²) in [5, 5.41) is 5.64. The SMILES string of the molecule is Clc1c(CNCC2CCOCC2)sc2ccccc12. The van der Waals surface area contributed by atoms with Gasteiger partial charge in [0.15, 0.2) is 0 Å². The van der Waals surface area contributed by atoms with Gasteiger partial charge in [0.25, 0.3) is 0 Å². The first-order valence-corrected chi connectivity index (χ1v) is 7.98. The Kier molecular flexibility index (Phi) is 4.38. The highest BCUT2D eigenvalue weighted by atomic mass is 35.5. The van der Waals surface area contributed by atoms with Crippen LogP contribution in [0.1, 0.15) is 17.7 Å². The minimum Gasteiger partial charge on any atom is -0.381 e. The number of benzene rings is 1. The summed E-state index contributed by atoms with van der Waals surface area (Å²) in [5.41, 5.74) is 0. The fourth-order valence-corrected chi connectivity index (χ4v) is 3.99. The molecule has 0 bridgehead atoms. The lowest BCUT2D eigenvalue weighted by molar-refractivity contribution is 0.0662. The molecule has 0 atom stereocenters. The van der Waals surface area contributed by atoms with E-state index >= 15 is 0 Å². The first kappa shape index (κ1) is 13.4. The minimum absolute atomic E-state index is 0.752. The summed E-state index contributed by atoms with van der Waals surface area (Å²) in [6, 6.07) is 8.33. The first-order chi connectivity index (χ1) is 9.34. The van der Waals surface area contributed by atoms with E-state index in [9.17, 15) is 0 Å². The number of nitrogens with one attached hydrogen (secondary N) is 1. The van der Waals surface area contributed by atoms with Crippen LogP contribution in [0.3, 0.4) is 0 Å². The second-order valence-electron chi connectivity index (χ2n) is 5.02. The largest absolute Gasteiger partial charge is 0.381 e. The molecule has 0 aliphatic carbocycles. The third kappa shape index (κ3) is 3.11. The second kappa shape index (κ2) is 6.23. The van der Waals surface area contributed by atoms with E-state index in [-0.39, 0.29) is 0 Å². The summed E-state index contributed by atoms with van der Waals surface area (Å²) in [7, 11) is 0. The van der Waals surface area contributed by atoms with E-state index in [1.165, 1.54) is 27.8 Å². The minimum atomic E-state index is 0.752. The van der Waals surface area contributed by atoms with E-state index in [0.717, 1.165) is 37.2 Å². The van der Waals surface area contributed by atoms with Crippen molar-refractivity contribution in [3.05, 3.63) is 34.2 Å². The molecule has 0 unspecified atom stereocenters. The van der Waals surface area contributed by atoms with Gasteiger partial charge in [0.2, 0.25) is 0 Å². The van der Waals surface area contributed by atoms with Gasteiger partial charge in [0.1, 0.15) is 0 Å². The van der Waals surface area contributed by atoms with E-state index in [1.54, 1.807) is 11.3 Å². The van der Waals surface area contributed by atoms with Gasteiger partial charge >= 0.3 is 0 Å². The van der Waals surface area contributed by atoms with Gasteiger partial charge < -0.3 is 10.1 Å². The molecule has 0 amide bonds. The second-order valence-corrected chi connectivity index (χ2v) is 6.54. The van der Waals surface area contributed by atoms with Crippen molar-refractivity contribution in [2.24, 2.45) is 5.92 Å². The molecule has 1 aromatic carbocycles. The highest BCUT2D eigenvalue weighted by Crippen LogP contribution is 2.34. The van der Waals surface area contributed by atoms with Gasteiger partial charge in [-0.3, -0.25) is 0 Å². The Morgan fingerprint density at radius 1 is 1.26 bits per heavy atom. The average Bonchev–Trinajstić information content (AvgIpc) is 2.78. The number of ether oxygens (including phenoxy) is 1. The van der Waals surface area contributed by atoms with Gasteiger partial charge in [-0.15, -0.1) is 11.3 Å². The Morgan fingerprint density at radius 3 is 2.84 bits per heavy atom. The van der Waals surface area contributed by atoms with Gasteiger partial charge in [-0.1, -0.05) is 29.8 Å². The number of thiophene rings is 1.